The third-order valence-electron chi connectivity index (χ3n) is 3.07. The topological polar surface area (TPSA) is 78.9 Å². The number of hydroxylamine groups is 1. The van der Waals surface area contributed by atoms with Gasteiger partial charge in [-0.05, 0) is 11.1 Å². The van der Waals surface area contributed by atoms with Crippen molar-refractivity contribution in [3.63, 3.8) is 0 Å². The summed E-state index contributed by atoms with van der Waals surface area (Å²) in [5, 5.41) is 8.55. The van der Waals surface area contributed by atoms with Crippen LogP contribution >= 0.6 is 0 Å². The minimum absolute atomic E-state index is 0.387. The lowest BCUT2D eigenvalue weighted by atomic mass is 10.2. The van der Waals surface area contributed by atoms with E-state index in [1.807, 2.05) is 60.7 Å². The van der Waals surface area contributed by atoms with Crippen molar-refractivity contribution in [1.82, 2.24) is 10.4 Å². The number of aliphatic carboxylic acids is 1. The van der Waals surface area contributed by atoms with Gasteiger partial charge in [0.25, 0.3) is 0 Å². The second kappa shape index (κ2) is 8.55. The smallest absolute Gasteiger partial charge is 0.341 e. The minimum atomic E-state index is -1.15. The average Bonchev–Trinajstić information content (AvgIpc) is 2.56. The Balaban J connectivity index is 2.04. The number of nitrogens with one attached hydrogen (secondary N) is 1. The number of nitrogens with zero attached hydrogens (tertiary/aromatic N) is 1. The second-order valence-electron chi connectivity index (χ2n) is 4.92. The zero-order chi connectivity index (χ0) is 16.5. The molecule has 0 fully saturated rings. The van der Waals surface area contributed by atoms with Gasteiger partial charge in [-0.25, -0.2) is 15.1 Å². The Morgan fingerprint density at radius 3 is 1.83 bits per heavy atom. The normalized spacial score (nSPS) is 10.1. The molecule has 0 aliphatic heterocycles. The molecule has 2 N–H and O–H groups in total. The first-order valence-corrected chi connectivity index (χ1v) is 7.11. The Morgan fingerprint density at radius 1 is 0.913 bits per heavy atom. The molecule has 23 heavy (non-hydrogen) atoms. The molecular formula is C17H18N2O4. The van der Waals surface area contributed by atoms with Crippen LogP contribution in [0.3, 0.4) is 0 Å². The standard InChI is InChI=1S/C17H18N2O4/c20-16(21)13-23-18-17(22)19(11-14-7-3-1-4-8-14)12-15-9-5-2-6-10-15/h1-10H,11-13H2,(H,18,22)(H,20,21). The molecule has 0 spiro atoms. The van der Waals surface area contributed by atoms with Crippen molar-refractivity contribution in [2.24, 2.45) is 0 Å². The third-order valence-corrected chi connectivity index (χ3v) is 3.07. The summed E-state index contributed by atoms with van der Waals surface area (Å²) in [4.78, 5) is 28.9. The van der Waals surface area contributed by atoms with E-state index in [0.717, 1.165) is 11.1 Å². The number of rotatable bonds is 7. The van der Waals surface area contributed by atoms with Crippen LogP contribution in [0.15, 0.2) is 60.7 Å². The van der Waals surface area contributed by atoms with Gasteiger partial charge < -0.3 is 10.0 Å². The molecule has 2 aromatic rings. The van der Waals surface area contributed by atoms with E-state index in [1.54, 1.807) is 4.90 Å². The Hall–Kier alpha value is -2.86. The van der Waals surface area contributed by atoms with Crippen molar-refractivity contribution in [1.29, 1.82) is 0 Å². The van der Waals surface area contributed by atoms with E-state index in [9.17, 15) is 9.59 Å². The van der Waals surface area contributed by atoms with Crippen LogP contribution in [0.4, 0.5) is 4.79 Å². The SMILES string of the molecule is O=C(O)CONC(=O)N(Cc1ccccc1)Cc1ccccc1. The van der Waals surface area contributed by atoms with Gasteiger partial charge in [0.1, 0.15) is 0 Å². The maximum atomic E-state index is 12.2. The zero-order valence-corrected chi connectivity index (χ0v) is 12.5. The lowest BCUT2D eigenvalue weighted by molar-refractivity contribution is -0.144. The summed E-state index contributed by atoms with van der Waals surface area (Å²) in [6, 6.07) is 18.6. The molecular weight excluding hydrogens is 296 g/mol. The summed E-state index contributed by atoms with van der Waals surface area (Å²) in [5.74, 6) is -1.15. The molecule has 0 atom stereocenters. The fourth-order valence-corrected chi connectivity index (χ4v) is 2.03. The molecule has 2 amide bonds. The summed E-state index contributed by atoms with van der Waals surface area (Å²) >= 11 is 0. The van der Waals surface area contributed by atoms with E-state index >= 15 is 0 Å². The number of benzene rings is 2. The molecule has 0 radical (unpaired) electrons. The predicted octanol–water partition coefficient (Wildman–Crippen LogP) is 2.41. The highest BCUT2D eigenvalue weighted by atomic mass is 16.7. The first kappa shape index (κ1) is 16.5. The van der Waals surface area contributed by atoms with Crippen molar-refractivity contribution >= 4 is 12.0 Å². The van der Waals surface area contributed by atoms with Crippen molar-refractivity contribution in [3.8, 4) is 0 Å². The molecule has 0 saturated carbocycles. The van der Waals surface area contributed by atoms with Crippen molar-refractivity contribution in [3.05, 3.63) is 71.8 Å². The lowest BCUT2D eigenvalue weighted by Crippen LogP contribution is -2.39. The molecule has 6 heteroatoms. The van der Waals surface area contributed by atoms with Crippen LogP contribution in [0, 0.1) is 0 Å². The summed E-state index contributed by atoms with van der Waals surface area (Å²) in [5.41, 5.74) is 4.10. The average molecular weight is 314 g/mol. The van der Waals surface area contributed by atoms with E-state index in [2.05, 4.69) is 10.3 Å². The Labute approximate surface area is 134 Å². The number of carbonyl (C=O) groups is 2. The van der Waals surface area contributed by atoms with Crippen LogP contribution in [0.2, 0.25) is 0 Å². The lowest BCUT2D eigenvalue weighted by Gasteiger charge is -2.23. The van der Waals surface area contributed by atoms with Gasteiger partial charge >= 0.3 is 12.0 Å². The summed E-state index contributed by atoms with van der Waals surface area (Å²) in [6.45, 7) is 0.187. The van der Waals surface area contributed by atoms with Gasteiger partial charge in [0, 0.05) is 13.1 Å². The summed E-state index contributed by atoms with van der Waals surface area (Å²) < 4.78 is 0. The molecule has 0 heterocycles. The van der Waals surface area contributed by atoms with Crippen LogP contribution in [0.25, 0.3) is 0 Å². The van der Waals surface area contributed by atoms with E-state index in [0.29, 0.717) is 13.1 Å². The van der Waals surface area contributed by atoms with Crippen molar-refractivity contribution in [2.75, 3.05) is 6.61 Å². The van der Waals surface area contributed by atoms with Gasteiger partial charge in [0.05, 0.1) is 0 Å². The Morgan fingerprint density at radius 2 is 1.39 bits per heavy atom. The molecule has 0 aliphatic rings. The molecule has 0 aliphatic carbocycles. The van der Waals surface area contributed by atoms with E-state index in [4.69, 9.17) is 5.11 Å². The fourth-order valence-electron chi connectivity index (χ4n) is 2.03. The van der Waals surface area contributed by atoms with E-state index < -0.39 is 18.6 Å². The van der Waals surface area contributed by atoms with Crippen molar-refractivity contribution < 1.29 is 19.5 Å². The highest BCUT2D eigenvalue weighted by Gasteiger charge is 2.15. The zero-order valence-electron chi connectivity index (χ0n) is 12.5. The monoisotopic (exact) mass is 314 g/mol. The van der Waals surface area contributed by atoms with E-state index in [1.165, 1.54) is 0 Å². The van der Waals surface area contributed by atoms with Crippen LogP contribution < -0.4 is 5.48 Å². The number of carboxylic acids is 1. The van der Waals surface area contributed by atoms with Gasteiger partial charge in [0.15, 0.2) is 6.61 Å². The molecule has 120 valence electrons. The van der Waals surface area contributed by atoms with Gasteiger partial charge in [-0.1, -0.05) is 60.7 Å². The molecule has 6 nitrogen and oxygen atoms in total. The van der Waals surface area contributed by atoms with Gasteiger partial charge in [-0.3, -0.25) is 4.84 Å². The van der Waals surface area contributed by atoms with Gasteiger partial charge in [-0.15, -0.1) is 0 Å². The molecule has 0 bridgehead atoms. The first-order chi connectivity index (χ1) is 11.1. The third kappa shape index (κ3) is 5.80. The number of hydrogen-bond acceptors (Lipinski definition) is 3. The quantitative estimate of drug-likeness (QED) is 0.769. The summed E-state index contributed by atoms with van der Waals surface area (Å²) in [6.07, 6.45) is 0. The largest absolute Gasteiger partial charge is 0.479 e. The summed E-state index contributed by atoms with van der Waals surface area (Å²) in [7, 11) is 0. The minimum Gasteiger partial charge on any atom is -0.479 e. The first-order valence-electron chi connectivity index (χ1n) is 7.11. The molecule has 0 aromatic heterocycles. The second-order valence-corrected chi connectivity index (χ2v) is 4.92. The number of carbonyl (C=O) groups excluding carboxylic acids is 1. The van der Waals surface area contributed by atoms with Gasteiger partial charge in [-0.2, -0.15) is 0 Å². The molecule has 2 rings (SSSR count). The highest BCUT2D eigenvalue weighted by molar-refractivity contribution is 5.73. The number of amides is 2. The Bertz CT molecular complexity index is 590. The fraction of sp³-hybridized carbons (Fsp3) is 0.176. The number of hydrogen-bond donors (Lipinski definition) is 2. The van der Waals surface area contributed by atoms with E-state index in [-0.39, 0.29) is 0 Å². The van der Waals surface area contributed by atoms with Crippen LogP contribution in [0.1, 0.15) is 11.1 Å². The molecule has 2 aromatic carbocycles. The maximum absolute atomic E-state index is 12.2. The van der Waals surface area contributed by atoms with Crippen LogP contribution in [0.5, 0.6) is 0 Å². The van der Waals surface area contributed by atoms with Crippen LogP contribution in [-0.4, -0.2) is 28.6 Å². The molecule has 0 unspecified atom stereocenters. The number of carboxylic acid groups (broad SMARTS) is 1. The predicted molar refractivity (Wildman–Crippen MR) is 84.3 cm³/mol. The Kier molecular flexibility index (Phi) is 6.14. The highest BCUT2D eigenvalue weighted by Crippen LogP contribution is 2.10. The van der Waals surface area contributed by atoms with Crippen LogP contribution in [-0.2, 0) is 22.7 Å². The number of urea groups is 1. The molecule has 0 saturated heterocycles. The van der Waals surface area contributed by atoms with Crippen molar-refractivity contribution in [2.45, 2.75) is 13.1 Å². The van der Waals surface area contributed by atoms with Gasteiger partial charge in [0.2, 0.25) is 0 Å². The maximum Gasteiger partial charge on any atom is 0.341 e.